The van der Waals surface area contributed by atoms with E-state index in [-0.39, 0.29) is 22.9 Å². The molecule has 0 aliphatic heterocycles. The van der Waals surface area contributed by atoms with Crippen molar-refractivity contribution in [3.63, 3.8) is 0 Å². The molecule has 4 heteroatoms. The lowest BCUT2D eigenvalue weighted by Crippen LogP contribution is -2.16. The van der Waals surface area contributed by atoms with Gasteiger partial charge in [-0.25, -0.2) is 4.39 Å². The number of pyridine rings is 1. The first kappa shape index (κ1) is 13.2. The fourth-order valence-corrected chi connectivity index (χ4v) is 1.84. The van der Waals surface area contributed by atoms with E-state index in [1.807, 2.05) is 13.8 Å². The number of hydrogen-bond acceptors (Lipinski definition) is 2. The van der Waals surface area contributed by atoms with Crippen LogP contribution in [0.1, 0.15) is 30.2 Å². The minimum Gasteiger partial charge on any atom is -0.350 e. The average molecular weight is 259 g/mol. The van der Waals surface area contributed by atoms with E-state index < -0.39 is 0 Å². The molecule has 1 heterocycles. The van der Waals surface area contributed by atoms with E-state index in [4.69, 9.17) is 0 Å². The average Bonchev–Trinajstić information content (AvgIpc) is 2.40. The highest BCUT2D eigenvalue weighted by Gasteiger charge is 2.10. The summed E-state index contributed by atoms with van der Waals surface area (Å²) in [5, 5.41) is 0. The molecule has 0 aliphatic rings. The first-order valence-corrected chi connectivity index (χ1v) is 6.00. The van der Waals surface area contributed by atoms with Crippen LogP contribution >= 0.6 is 0 Å². The van der Waals surface area contributed by atoms with Crippen LogP contribution in [0.3, 0.4) is 0 Å². The Labute approximate surface area is 110 Å². The van der Waals surface area contributed by atoms with Crippen molar-refractivity contribution >= 4 is 6.29 Å². The molecule has 98 valence electrons. The number of rotatable bonds is 3. The predicted octanol–water partition coefficient (Wildman–Crippen LogP) is 3.05. The van der Waals surface area contributed by atoms with Crippen LogP contribution in [0.2, 0.25) is 0 Å². The van der Waals surface area contributed by atoms with Crippen molar-refractivity contribution in [2.24, 2.45) is 0 Å². The van der Waals surface area contributed by atoms with E-state index in [0.717, 1.165) is 0 Å². The molecular weight excluding hydrogens is 245 g/mol. The van der Waals surface area contributed by atoms with Crippen LogP contribution in [0.4, 0.5) is 4.39 Å². The van der Waals surface area contributed by atoms with Gasteiger partial charge in [0, 0.05) is 24.0 Å². The first-order chi connectivity index (χ1) is 9.02. The summed E-state index contributed by atoms with van der Waals surface area (Å²) in [4.78, 5) is 23.1. The molecular formula is C15H14FNO2. The summed E-state index contributed by atoms with van der Waals surface area (Å²) in [6.45, 7) is 3.90. The van der Waals surface area contributed by atoms with Crippen molar-refractivity contribution in [2.75, 3.05) is 0 Å². The summed E-state index contributed by atoms with van der Waals surface area (Å²) >= 11 is 0. The maximum absolute atomic E-state index is 12.9. The molecule has 0 aliphatic carbocycles. The van der Waals surface area contributed by atoms with Gasteiger partial charge in [0.2, 0.25) is 0 Å². The van der Waals surface area contributed by atoms with Crippen LogP contribution in [0.15, 0.2) is 41.5 Å². The zero-order chi connectivity index (χ0) is 14.0. The molecule has 1 aromatic carbocycles. The highest BCUT2D eigenvalue weighted by molar-refractivity contribution is 5.77. The Balaban J connectivity index is 2.68. The Morgan fingerprint density at radius 1 is 1.16 bits per heavy atom. The number of halogens is 1. The summed E-state index contributed by atoms with van der Waals surface area (Å²) < 4.78 is 14.7. The van der Waals surface area contributed by atoms with Gasteiger partial charge < -0.3 is 4.57 Å². The molecule has 2 rings (SSSR count). The number of hydrogen-bond donors (Lipinski definition) is 0. The quantitative estimate of drug-likeness (QED) is 0.795. The second-order valence-corrected chi connectivity index (χ2v) is 4.62. The zero-order valence-electron chi connectivity index (χ0n) is 10.8. The van der Waals surface area contributed by atoms with Crippen LogP contribution in [-0.4, -0.2) is 10.9 Å². The SMILES string of the molecule is CC(C)n1cc(C=O)c(=O)c(-c2ccc(F)cc2)c1. The van der Waals surface area contributed by atoms with Gasteiger partial charge in [-0.3, -0.25) is 9.59 Å². The summed E-state index contributed by atoms with van der Waals surface area (Å²) in [5.41, 5.74) is 0.775. The monoisotopic (exact) mass is 259 g/mol. The van der Waals surface area contributed by atoms with Gasteiger partial charge in [-0.1, -0.05) is 12.1 Å². The van der Waals surface area contributed by atoms with Gasteiger partial charge in [-0.15, -0.1) is 0 Å². The summed E-state index contributed by atoms with van der Waals surface area (Å²) in [5.74, 6) is -0.362. The van der Waals surface area contributed by atoms with E-state index in [9.17, 15) is 14.0 Å². The lowest BCUT2D eigenvalue weighted by molar-refractivity contribution is 0.112. The molecule has 2 aromatic rings. The molecule has 0 spiro atoms. The number of aldehydes is 1. The third-order valence-corrected chi connectivity index (χ3v) is 2.95. The smallest absolute Gasteiger partial charge is 0.199 e. The minimum absolute atomic E-state index is 0.107. The molecule has 0 unspecified atom stereocenters. The van der Waals surface area contributed by atoms with Gasteiger partial charge in [-0.05, 0) is 31.5 Å². The molecule has 0 fully saturated rings. The van der Waals surface area contributed by atoms with Crippen molar-refractivity contribution in [3.05, 3.63) is 58.3 Å². The standard InChI is InChI=1S/C15H14FNO2/c1-10(2)17-7-12(9-18)15(19)14(8-17)11-3-5-13(16)6-4-11/h3-10H,1-2H3. The maximum atomic E-state index is 12.9. The third-order valence-electron chi connectivity index (χ3n) is 2.95. The number of carbonyl (C=O) groups is 1. The predicted molar refractivity (Wildman–Crippen MR) is 71.9 cm³/mol. The number of aromatic nitrogens is 1. The van der Waals surface area contributed by atoms with Crippen molar-refractivity contribution < 1.29 is 9.18 Å². The highest BCUT2D eigenvalue weighted by Crippen LogP contribution is 2.18. The van der Waals surface area contributed by atoms with Gasteiger partial charge in [0.1, 0.15) is 5.82 Å². The maximum Gasteiger partial charge on any atom is 0.199 e. The molecule has 0 saturated carbocycles. The van der Waals surface area contributed by atoms with Gasteiger partial charge >= 0.3 is 0 Å². The van der Waals surface area contributed by atoms with Crippen LogP contribution in [0.5, 0.6) is 0 Å². The van der Waals surface area contributed by atoms with Crippen molar-refractivity contribution in [3.8, 4) is 11.1 Å². The summed E-state index contributed by atoms with van der Waals surface area (Å²) in [6.07, 6.45) is 3.77. The number of benzene rings is 1. The molecule has 0 atom stereocenters. The van der Waals surface area contributed by atoms with Gasteiger partial charge in [0.25, 0.3) is 0 Å². The summed E-state index contributed by atoms with van der Waals surface area (Å²) in [7, 11) is 0. The van der Waals surface area contributed by atoms with Crippen LogP contribution in [-0.2, 0) is 0 Å². The third kappa shape index (κ3) is 2.62. The van der Waals surface area contributed by atoms with Crippen molar-refractivity contribution in [1.82, 2.24) is 4.57 Å². The normalized spacial score (nSPS) is 10.7. The Bertz CT molecular complexity index is 657. The lowest BCUT2D eigenvalue weighted by Gasteiger charge is -2.13. The molecule has 3 nitrogen and oxygen atoms in total. The van der Waals surface area contributed by atoms with E-state index in [1.54, 1.807) is 10.8 Å². The van der Waals surface area contributed by atoms with E-state index >= 15 is 0 Å². The van der Waals surface area contributed by atoms with Crippen LogP contribution < -0.4 is 5.43 Å². The fraction of sp³-hybridized carbons (Fsp3) is 0.200. The Hall–Kier alpha value is -2.23. The van der Waals surface area contributed by atoms with Gasteiger partial charge in [-0.2, -0.15) is 0 Å². The molecule has 1 aromatic heterocycles. The van der Waals surface area contributed by atoms with E-state index in [1.165, 1.54) is 30.5 Å². The van der Waals surface area contributed by atoms with Crippen molar-refractivity contribution in [2.45, 2.75) is 19.9 Å². The van der Waals surface area contributed by atoms with Gasteiger partial charge in [0.15, 0.2) is 11.7 Å². The second kappa shape index (κ2) is 5.18. The molecule has 0 bridgehead atoms. The van der Waals surface area contributed by atoms with Crippen molar-refractivity contribution in [1.29, 1.82) is 0 Å². The van der Waals surface area contributed by atoms with E-state index in [0.29, 0.717) is 17.4 Å². The second-order valence-electron chi connectivity index (χ2n) is 4.62. The number of nitrogens with zero attached hydrogens (tertiary/aromatic N) is 1. The molecule has 0 N–H and O–H groups in total. The molecule has 19 heavy (non-hydrogen) atoms. The Morgan fingerprint density at radius 2 is 1.79 bits per heavy atom. The van der Waals surface area contributed by atoms with Gasteiger partial charge in [0.05, 0.1) is 5.56 Å². The van der Waals surface area contributed by atoms with Crippen LogP contribution in [0, 0.1) is 5.82 Å². The minimum atomic E-state index is -0.362. The topological polar surface area (TPSA) is 39.1 Å². The molecule has 0 radical (unpaired) electrons. The zero-order valence-corrected chi connectivity index (χ0v) is 10.8. The Kier molecular flexibility index (Phi) is 3.60. The molecule has 0 saturated heterocycles. The molecule has 0 amide bonds. The van der Waals surface area contributed by atoms with E-state index in [2.05, 4.69) is 0 Å². The summed E-state index contributed by atoms with van der Waals surface area (Å²) in [6, 6.07) is 5.78. The Morgan fingerprint density at radius 3 is 2.32 bits per heavy atom. The fourth-order valence-electron chi connectivity index (χ4n) is 1.84. The first-order valence-electron chi connectivity index (χ1n) is 6.00. The van der Waals surface area contributed by atoms with Crippen LogP contribution in [0.25, 0.3) is 11.1 Å². The number of carbonyl (C=O) groups excluding carboxylic acids is 1. The highest BCUT2D eigenvalue weighted by atomic mass is 19.1. The lowest BCUT2D eigenvalue weighted by atomic mass is 10.0. The largest absolute Gasteiger partial charge is 0.350 e.